The number of carbonyl (C=O) groups is 2. The summed E-state index contributed by atoms with van der Waals surface area (Å²) in [4.78, 5) is 20.6. The van der Waals surface area contributed by atoms with E-state index in [-0.39, 0.29) is 6.54 Å². The van der Waals surface area contributed by atoms with Crippen molar-refractivity contribution in [3.05, 3.63) is 12.2 Å². The largest absolute Gasteiger partial charge is 0.481 e. The van der Waals surface area contributed by atoms with Gasteiger partial charge in [-0.2, -0.15) is 8.42 Å². The Kier molecular flexibility index (Phi) is 16.3. The van der Waals surface area contributed by atoms with Gasteiger partial charge in [0.15, 0.2) is 0 Å². The smallest absolute Gasteiger partial charge is 0.343 e. The summed E-state index contributed by atoms with van der Waals surface area (Å²) in [7, 11) is -5.40. The number of allylic oxidation sites excluding steroid dienone is 2. The standard InChI is InChI=1S/C25H47NO8S/c1-4-5-6-7-8-9-10-11-12-13-14-15-16-17-18-19-20-26(24(2,3)31)25(23(29)30,21-22(27)28)35(32,33)34/h11-12,31H,4-10,13-21H2,1-3H3,(H,27,28)(H,29,30)(H,32,33,34)/b12-11-. The summed E-state index contributed by atoms with van der Waals surface area (Å²) in [6.07, 6.45) is 17.9. The molecule has 10 heteroatoms. The molecular formula is C25H47NO8S. The molecule has 0 aliphatic heterocycles. The van der Waals surface area contributed by atoms with Gasteiger partial charge in [-0.1, -0.05) is 76.9 Å². The Hall–Kier alpha value is -1.49. The number of carboxylic acids is 2. The second-order valence-corrected chi connectivity index (χ2v) is 11.3. The zero-order chi connectivity index (χ0) is 27.0. The molecular weight excluding hydrogens is 474 g/mol. The molecule has 0 aromatic rings. The van der Waals surface area contributed by atoms with Crippen LogP contribution in [0.15, 0.2) is 12.2 Å². The highest BCUT2D eigenvalue weighted by molar-refractivity contribution is 7.88. The number of aliphatic carboxylic acids is 2. The number of hydrogen-bond donors (Lipinski definition) is 4. The summed E-state index contributed by atoms with van der Waals surface area (Å²) in [6, 6.07) is 0. The maximum absolute atomic E-state index is 12.0. The van der Waals surface area contributed by atoms with Gasteiger partial charge in [0.05, 0.1) is 6.42 Å². The Balaban J connectivity index is 4.48. The second-order valence-electron chi connectivity index (χ2n) is 9.72. The van der Waals surface area contributed by atoms with E-state index in [0.29, 0.717) is 17.7 Å². The van der Waals surface area contributed by atoms with Crippen LogP contribution in [0, 0.1) is 0 Å². The average Bonchev–Trinajstić information content (AvgIpc) is 2.72. The molecule has 0 radical (unpaired) electrons. The molecule has 206 valence electrons. The molecule has 35 heavy (non-hydrogen) atoms. The van der Waals surface area contributed by atoms with E-state index in [1.54, 1.807) is 0 Å². The number of aliphatic hydroxyl groups is 1. The van der Waals surface area contributed by atoms with Crippen molar-refractivity contribution >= 4 is 22.1 Å². The third-order valence-corrected chi connectivity index (χ3v) is 7.53. The van der Waals surface area contributed by atoms with Crippen molar-refractivity contribution in [3.63, 3.8) is 0 Å². The first-order valence-corrected chi connectivity index (χ1v) is 14.3. The van der Waals surface area contributed by atoms with Gasteiger partial charge in [0.1, 0.15) is 5.72 Å². The summed E-state index contributed by atoms with van der Waals surface area (Å²) >= 11 is 0. The Morgan fingerprint density at radius 1 is 0.800 bits per heavy atom. The predicted molar refractivity (Wildman–Crippen MR) is 137 cm³/mol. The Labute approximate surface area is 211 Å². The fourth-order valence-corrected chi connectivity index (χ4v) is 5.37. The van der Waals surface area contributed by atoms with Crippen molar-refractivity contribution in [1.29, 1.82) is 0 Å². The SMILES string of the molecule is CCCCCCCC/C=C\CCCCCCCCN(C(C)(C)O)C(CC(=O)O)(C(=O)O)S(=O)(=O)O. The number of rotatable bonds is 22. The third-order valence-electron chi connectivity index (χ3n) is 6.14. The van der Waals surface area contributed by atoms with E-state index in [2.05, 4.69) is 19.1 Å². The molecule has 0 saturated carbocycles. The van der Waals surface area contributed by atoms with Gasteiger partial charge in [-0.3, -0.25) is 9.35 Å². The molecule has 1 unspecified atom stereocenters. The summed E-state index contributed by atoms with van der Waals surface area (Å²) in [5.74, 6) is -3.77. The lowest BCUT2D eigenvalue weighted by atomic mass is 10.0. The summed E-state index contributed by atoms with van der Waals surface area (Å²) in [5.41, 5.74) is -1.99. The number of hydrogen-bond acceptors (Lipinski definition) is 6. The lowest BCUT2D eigenvalue weighted by Crippen LogP contribution is -2.67. The van der Waals surface area contributed by atoms with Crippen LogP contribution in [0.25, 0.3) is 0 Å². The maximum Gasteiger partial charge on any atom is 0.343 e. The molecule has 0 saturated heterocycles. The first-order valence-electron chi connectivity index (χ1n) is 12.9. The molecule has 0 aromatic carbocycles. The van der Waals surface area contributed by atoms with E-state index in [9.17, 15) is 32.8 Å². The highest BCUT2D eigenvalue weighted by Crippen LogP contribution is 2.33. The first-order chi connectivity index (χ1) is 16.3. The van der Waals surface area contributed by atoms with Crippen LogP contribution in [-0.2, 0) is 19.7 Å². The molecule has 9 nitrogen and oxygen atoms in total. The first kappa shape index (κ1) is 33.5. The molecule has 4 N–H and O–H groups in total. The molecule has 0 bridgehead atoms. The minimum atomic E-state index is -5.40. The molecule has 0 heterocycles. The van der Waals surface area contributed by atoms with E-state index < -0.39 is 39.1 Å². The number of carboxylic acid groups (broad SMARTS) is 2. The maximum atomic E-state index is 12.0. The van der Waals surface area contributed by atoms with Crippen LogP contribution in [0.5, 0.6) is 0 Å². The van der Waals surface area contributed by atoms with Gasteiger partial charge >= 0.3 is 11.9 Å². The molecule has 1 atom stereocenters. The van der Waals surface area contributed by atoms with Crippen LogP contribution >= 0.6 is 0 Å². The van der Waals surface area contributed by atoms with Crippen LogP contribution in [-0.4, -0.2) is 62.3 Å². The van der Waals surface area contributed by atoms with Gasteiger partial charge in [0.25, 0.3) is 15.0 Å². The van der Waals surface area contributed by atoms with Crippen LogP contribution in [0.1, 0.15) is 117 Å². The molecule has 0 aliphatic carbocycles. The van der Waals surface area contributed by atoms with E-state index >= 15 is 0 Å². The summed E-state index contributed by atoms with van der Waals surface area (Å²) in [6.45, 7) is 4.34. The van der Waals surface area contributed by atoms with Crippen molar-refractivity contribution in [2.45, 2.75) is 128 Å². The average molecular weight is 522 g/mol. The highest BCUT2D eigenvalue weighted by atomic mass is 32.2. The number of unbranched alkanes of at least 4 members (excludes halogenated alkanes) is 12. The fourth-order valence-electron chi connectivity index (χ4n) is 4.25. The minimum absolute atomic E-state index is 0.204. The van der Waals surface area contributed by atoms with Crippen molar-refractivity contribution < 1.29 is 37.9 Å². The lowest BCUT2D eigenvalue weighted by Gasteiger charge is -2.44. The lowest BCUT2D eigenvalue weighted by molar-refractivity contribution is -0.170. The topological polar surface area (TPSA) is 152 Å². The van der Waals surface area contributed by atoms with E-state index in [0.717, 1.165) is 52.4 Å². The Bertz CT molecular complexity index is 745. The molecule has 0 aliphatic rings. The van der Waals surface area contributed by atoms with E-state index in [4.69, 9.17) is 5.11 Å². The molecule has 0 amide bonds. The zero-order valence-electron chi connectivity index (χ0n) is 21.7. The van der Waals surface area contributed by atoms with Gasteiger partial charge in [-0.15, -0.1) is 0 Å². The van der Waals surface area contributed by atoms with E-state index in [1.807, 2.05) is 0 Å². The van der Waals surface area contributed by atoms with Gasteiger partial charge in [0.2, 0.25) is 0 Å². The highest BCUT2D eigenvalue weighted by Gasteiger charge is 2.60. The summed E-state index contributed by atoms with van der Waals surface area (Å²) < 4.78 is 33.8. The molecule has 0 spiro atoms. The third kappa shape index (κ3) is 12.9. The fraction of sp³-hybridized carbons (Fsp3) is 0.840. The van der Waals surface area contributed by atoms with Crippen LogP contribution in [0.2, 0.25) is 0 Å². The molecule has 0 rings (SSSR count). The van der Waals surface area contributed by atoms with Gasteiger partial charge in [0, 0.05) is 6.54 Å². The van der Waals surface area contributed by atoms with Crippen molar-refractivity contribution in [2.24, 2.45) is 0 Å². The van der Waals surface area contributed by atoms with Crippen LogP contribution < -0.4 is 0 Å². The van der Waals surface area contributed by atoms with Crippen molar-refractivity contribution in [3.8, 4) is 0 Å². The minimum Gasteiger partial charge on any atom is -0.481 e. The normalized spacial score (nSPS) is 14.5. The van der Waals surface area contributed by atoms with Crippen molar-refractivity contribution in [2.75, 3.05) is 6.54 Å². The van der Waals surface area contributed by atoms with Crippen LogP contribution in [0.3, 0.4) is 0 Å². The Morgan fingerprint density at radius 2 is 1.23 bits per heavy atom. The summed E-state index contributed by atoms with van der Waals surface area (Å²) in [5, 5.41) is 29.2. The second kappa shape index (κ2) is 17.1. The molecule has 0 aromatic heterocycles. The van der Waals surface area contributed by atoms with Gasteiger partial charge in [-0.05, 0) is 46.0 Å². The van der Waals surface area contributed by atoms with E-state index in [1.165, 1.54) is 38.5 Å². The Morgan fingerprint density at radius 3 is 1.60 bits per heavy atom. The quantitative estimate of drug-likeness (QED) is 0.0651. The van der Waals surface area contributed by atoms with Crippen LogP contribution in [0.4, 0.5) is 0 Å². The number of nitrogens with zero attached hydrogens (tertiary/aromatic N) is 1. The van der Waals surface area contributed by atoms with Crippen molar-refractivity contribution in [1.82, 2.24) is 4.90 Å². The van der Waals surface area contributed by atoms with Gasteiger partial charge in [-0.25, -0.2) is 9.69 Å². The molecule has 0 fully saturated rings. The predicted octanol–water partition coefficient (Wildman–Crippen LogP) is 5.20. The van der Waals surface area contributed by atoms with Gasteiger partial charge < -0.3 is 15.3 Å². The monoisotopic (exact) mass is 521 g/mol. The zero-order valence-corrected chi connectivity index (χ0v) is 22.6.